The lowest BCUT2D eigenvalue weighted by Crippen LogP contribution is -2.73. The highest BCUT2D eigenvalue weighted by Gasteiger charge is 2.57. The highest BCUT2D eigenvalue weighted by atomic mass is 32.2. The number of rotatable bonds is 8. The van der Waals surface area contributed by atoms with Crippen LogP contribution in [0.15, 0.2) is 66.1 Å². The summed E-state index contributed by atoms with van der Waals surface area (Å²) >= 11 is 0. The van der Waals surface area contributed by atoms with Gasteiger partial charge in [-0.1, -0.05) is 18.2 Å². The van der Waals surface area contributed by atoms with Gasteiger partial charge < -0.3 is 19.9 Å². The summed E-state index contributed by atoms with van der Waals surface area (Å²) in [7, 11) is -1.78. The van der Waals surface area contributed by atoms with Gasteiger partial charge in [-0.3, -0.25) is 28.8 Å². The monoisotopic (exact) mass is 501 g/mol. The third-order valence-electron chi connectivity index (χ3n) is 5.25. The quantitative estimate of drug-likeness (QED) is 0.231. The van der Waals surface area contributed by atoms with Crippen molar-refractivity contribution in [1.82, 2.24) is 10.2 Å². The summed E-state index contributed by atoms with van der Waals surface area (Å²) in [5.74, 6) is -2.90. The third kappa shape index (κ3) is 4.99. The second-order valence-electron chi connectivity index (χ2n) is 7.57. The van der Waals surface area contributed by atoms with Crippen LogP contribution in [0.3, 0.4) is 0 Å². The van der Waals surface area contributed by atoms with Crippen LogP contribution in [-0.4, -0.2) is 60.7 Å². The summed E-state index contributed by atoms with van der Waals surface area (Å²) in [5, 5.41) is 22.4. The number of fused-ring (bicyclic) bond motifs is 1. The molecule has 2 unspecified atom stereocenters. The Morgan fingerprint density at radius 3 is 2.51 bits per heavy atom. The van der Waals surface area contributed by atoms with Crippen LogP contribution in [-0.2, 0) is 36.5 Å². The topological polar surface area (TPSA) is 165 Å². The van der Waals surface area contributed by atoms with Gasteiger partial charge in [-0.05, 0) is 29.8 Å². The lowest BCUT2D eigenvalue weighted by Gasteiger charge is -2.48. The fraction of sp³-hybridized carbons (Fsp3) is 0.227. The van der Waals surface area contributed by atoms with E-state index in [4.69, 9.17) is 9.47 Å². The summed E-state index contributed by atoms with van der Waals surface area (Å²) in [5.41, 5.74) is -0.141. The average molecular weight is 501 g/mol. The van der Waals surface area contributed by atoms with Crippen molar-refractivity contribution in [2.75, 3.05) is 12.4 Å². The molecule has 0 aromatic heterocycles. The first-order valence-corrected chi connectivity index (χ1v) is 11.6. The van der Waals surface area contributed by atoms with Crippen molar-refractivity contribution in [3.63, 3.8) is 0 Å². The number of amides is 2. The van der Waals surface area contributed by atoms with Crippen molar-refractivity contribution in [3.05, 3.63) is 81.7 Å². The zero-order valence-corrected chi connectivity index (χ0v) is 18.8. The number of aliphatic hydroxyl groups is 1. The van der Waals surface area contributed by atoms with E-state index in [9.17, 15) is 33.8 Å². The van der Waals surface area contributed by atoms with Crippen LogP contribution in [0.25, 0.3) is 0 Å². The van der Waals surface area contributed by atoms with E-state index >= 15 is 0 Å². The largest absolute Gasteiger partial charge is 0.509 e. The number of benzene rings is 2. The second-order valence-corrected chi connectivity index (χ2v) is 9.10. The number of aliphatic hydroxyl groups excluding tert-OH is 1. The second kappa shape index (κ2) is 9.93. The van der Waals surface area contributed by atoms with E-state index in [2.05, 4.69) is 5.32 Å². The molecule has 13 heteroatoms. The minimum atomic E-state index is -1.78. The molecule has 2 amide bonds. The average Bonchev–Trinajstić information content (AvgIpc) is 2.85. The molecule has 1 saturated heterocycles. The van der Waals surface area contributed by atoms with Gasteiger partial charge in [0.1, 0.15) is 29.5 Å². The first kappa shape index (κ1) is 23.9. The number of β-lactam (4-membered cyclic amide) rings is 1. The number of ether oxygens (including phenoxy) is 2. The summed E-state index contributed by atoms with van der Waals surface area (Å²) < 4.78 is 23.0. The number of nitrogens with zero attached hydrogens (tertiary/aromatic N) is 2. The van der Waals surface area contributed by atoms with Crippen LogP contribution in [0.1, 0.15) is 5.56 Å². The number of nitro benzene ring substituents is 1. The van der Waals surface area contributed by atoms with Gasteiger partial charge in [0.2, 0.25) is 0 Å². The third-order valence-corrected chi connectivity index (χ3v) is 6.83. The standard InChI is InChI=1S/C22H19N3O9S/c26-16-12-35(32)21-18(23-17(27)11-33-15-4-2-1-3-5-15)20(28)24(21)19(16)22(29)34-10-13-6-8-14(9-7-13)25(30)31/h1-9,18,21,26H,10-12H2,(H,23,27)/t18?,21-,35?/m1/s1. The Hall–Kier alpha value is -4.26. The zero-order chi connectivity index (χ0) is 25.1. The smallest absolute Gasteiger partial charge is 0.358 e. The number of nitro groups is 1. The molecule has 0 aliphatic carbocycles. The summed E-state index contributed by atoms with van der Waals surface area (Å²) in [6.45, 7) is -0.654. The predicted molar refractivity (Wildman–Crippen MR) is 120 cm³/mol. The number of hydrogen-bond acceptors (Lipinski definition) is 9. The van der Waals surface area contributed by atoms with Crippen LogP contribution in [0.5, 0.6) is 5.75 Å². The van der Waals surface area contributed by atoms with Crippen molar-refractivity contribution in [3.8, 4) is 5.75 Å². The van der Waals surface area contributed by atoms with Gasteiger partial charge in [-0.25, -0.2) is 4.79 Å². The maximum absolute atomic E-state index is 12.7. The normalized spacial score (nSPS) is 21.0. The predicted octanol–water partition coefficient (Wildman–Crippen LogP) is 0.902. The Labute approximate surface area is 200 Å². The molecule has 0 spiro atoms. The summed E-state index contributed by atoms with van der Waals surface area (Å²) in [6.07, 6.45) is 0. The summed E-state index contributed by atoms with van der Waals surface area (Å²) in [4.78, 5) is 48.6. The highest BCUT2D eigenvalue weighted by molar-refractivity contribution is 7.86. The zero-order valence-electron chi connectivity index (χ0n) is 18.0. The Morgan fingerprint density at radius 1 is 1.17 bits per heavy atom. The molecule has 12 nitrogen and oxygen atoms in total. The molecule has 3 atom stereocenters. The first-order chi connectivity index (χ1) is 16.8. The maximum Gasteiger partial charge on any atom is 0.358 e. The highest BCUT2D eigenvalue weighted by Crippen LogP contribution is 2.34. The molecule has 2 aliphatic rings. The van der Waals surface area contributed by atoms with E-state index in [0.717, 1.165) is 4.90 Å². The molecule has 2 N–H and O–H groups in total. The minimum Gasteiger partial charge on any atom is -0.509 e. The Bertz CT molecular complexity index is 1230. The van der Waals surface area contributed by atoms with E-state index in [1.54, 1.807) is 30.3 Å². The van der Waals surface area contributed by atoms with Crippen LogP contribution in [0.2, 0.25) is 0 Å². The molecule has 0 saturated carbocycles. The molecule has 0 radical (unpaired) electrons. The molecule has 1 fully saturated rings. The Kier molecular flexibility index (Phi) is 6.78. The number of non-ortho nitro benzene ring substituents is 1. The fourth-order valence-electron chi connectivity index (χ4n) is 3.56. The molecule has 2 aromatic carbocycles. The van der Waals surface area contributed by atoms with Gasteiger partial charge in [-0.15, -0.1) is 0 Å². The molecule has 4 rings (SSSR count). The van der Waals surface area contributed by atoms with Crippen molar-refractivity contribution < 1.29 is 38.1 Å². The van der Waals surface area contributed by atoms with Gasteiger partial charge in [-0.2, -0.15) is 0 Å². The number of nitrogens with one attached hydrogen (secondary N) is 1. The van der Waals surface area contributed by atoms with Gasteiger partial charge in [0, 0.05) is 12.1 Å². The molecular weight excluding hydrogens is 482 g/mol. The van der Waals surface area contributed by atoms with Crippen LogP contribution in [0, 0.1) is 10.1 Å². The van der Waals surface area contributed by atoms with E-state index < -0.39 is 62.1 Å². The van der Waals surface area contributed by atoms with Crippen molar-refractivity contribution in [2.45, 2.75) is 18.0 Å². The molecule has 182 valence electrons. The molecule has 2 heterocycles. The lowest BCUT2D eigenvalue weighted by molar-refractivity contribution is -0.384. The number of esters is 1. The van der Waals surface area contributed by atoms with E-state index in [-0.39, 0.29) is 18.9 Å². The molecule has 2 aliphatic heterocycles. The molecule has 35 heavy (non-hydrogen) atoms. The number of para-hydroxylation sites is 1. The first-order valence-electron chi connectivity index (χ1n) is 10.3. The lowest BCUT2D eigenvalue weighted by atomic mass is 10.0. The minimum absolute atomic E-state index is 0.133. The molecule has 2 aromatic rings. The van der Waals surface area contributed by atoms with E-state index in [1.807, 2.05) is 0 Å². The van der Waals surface area contributed by atoms with Gasteiger partial charge in [0.25, 0.3) is 17.5 Å². The van der Waals surface area contributed by atoms with Gasteiger partial charge in [0.05, 0.1) is 21.5 Å². The fourth-order valence-corrected chi connectivity index (χ4v) is 5.07. The van der Waals surface area contributed by atoms with E-state index in [0.29, 0.717) is 11.3 Å². The van der Waals surface area contributed by atoms with E-state index in [1.165, 1.54) is 24.3 Å². The summed E-state index contributed by atoms with van der Waals surface area (Å²) in [6, 6.07) is 12.7. The van der Waals surface area contributed by atoms with Crippen LogP contribution in [0.4, 0.5) is 5.69 Å². The Morgan fingerprint density at radius 2 is 1.86 bits per heavy atom. The number of carbonyl (C=O) groups is 3. The van der Waals surface area contributed by atoms with Crippen molar-refractivity contribution >= 4 is 34.3 Å². The van der Waals surface area contributed by atoms with Crippen LogP contribution < -0.4 is 10.1 Å². The van der Waals surface area contributed by atoms with Crippen LogP contribution >= 0.6 is 0 Å². The maximum atomic E-state index is 12.7. The van der Waals surface area contributed by atoms with Crippen molar-refractivity contribution in [2.24, 2.45) is 0 Å². The van der Waals surface area contributed by atoms with Gasteiger partial charge in [0.15, 0.2) is 12.3 Å². The number of carbonyl (C=O) groups excluding carboxylic acids is 3. The van der Waals surface area contributed by atoms with Crippen molar-refractivity contribution in [1.29, 1.82) is 0 Å². The SMILES string of the molecule is O=C(COc1ccccc1)NC1C(=O)N2C(C(=O)OCc3ccc([N+](=O)[O-])cc3)=C(O)CS(=O)[C@H]12. The number of hydrogen-bond donors (Lipinski definition) is 2. The molecular formula is C22H19N3O9S. The molecule has 0 bridgehead atoms. The Balaban J connectivity index is 1.38. The van der Waals surface area contributed by atoms with Gasteiger partial charge >= 0.3 is 5.97 Å².